The van der Waals surface area contributed by atoms with Gasteiger partial charge in [0.15, 0.2) is 0 Å². The highest BCUT2D eigenvalue weighted by molar-refractivity contribution is 8.84. The van der Waals surface area contributed by atoms with Crippen molar-refractivity contribution >= 4 is 36.7 Å². The van der Waals surface area contributed by atoms with Crippen molar-refractivity contribution < 1.29 is 5.21 Å². The van der Waals surface area contributed by atoms with Crippen molar-refractivity contribution in [3.05, 3.63) is 10.5 Å². The molecule has 0 saturated heterocycles. The van der Waals surface area contributed by atoms with Crippen LogP contribution >= 0.6 is 10.8 Å². The Morgan fingerprint density at radius 2 is 2.60 bits per heavy atom. The third kappa shape index (κ3) is 1.59. The molecule has 0 amide bonds. The van der Waals surface area contributed by atoms with Gasteiger partial charge in [0, 0.05) is 10.7 Å². The number of oxime groups is 1. The van der Waals surface area contributed by atoms with E-state index in [4.69, 9.17) is 16.4 Å². The Hall–Kier alpha value is 0.130. The molecule has 1 unspecified atom stereocenters. The van der Waals surface area contributed by atoms with E-state index in [2.05, 4.69) is 5.16 Å². The molecule has 56 valence electrons. The molecule has 1 aliphatic rings. The molecule has 2 nitrogen and oxygen atoms in total. The largest absolute Gasteiger partial charge is 0.411 e. The van der Waals surface area contributed by atoms with E-state index in [0.717, 1.165) is 10.7 Å². The minimum atomic E-state index is -0.170. The first kappa shape index (κ1) is 8.23. The molecule has 0 aromatic carbocycles. The fourth-order valence-corrected chi connectivity index (χ4v) is 4.55. The number of hydrogen-bond donors (Lipinski definition) is 1. The van der Waals surface area contributed by atoms with Crippen molar-refractivity contribution in [1.82, 2.24) is 0 Å². The maximum Gasteiger partial charge on any atom is 0.0808 e. The minimum Gasteiger partial charge on any atom is -0.411 e. The van der Waals surface area contributed by atoms with Crippen molar-refractivity contribution in [2.45, 2.75) is 6.92 Å². The van der Waals surface area contributed by atoms with Gasteiger partial charge in [-0.2, -0.15) is 0 Å². The summed E-state index contributed by atoms with van der Waals surface area (Å²) in [5.41, 5.74) is 1.24. The molecule has 0 radical (unpaired) electrons. The predicted octanol–water partition coefficient (Wildman–Crippen LogP) is 1.46. The average molecular weight is 193 g/mol. The molecule has 10 heavy (non-hydrogen) atoms. The number of nitrogens with zero attached hydrogens (tertiary/aromatic N) is 1. The Kier molecular flexibility index (Phi) is 2.88. The molecule has 1 heterocycles. The summed E-state index contributed by atoms with van der Waals surface area (Å²) in [6.07, 6.45) is 1.45. The van der Waals surface area contributed by atoms with E-state index in [9.17, 15) is 0 Å². The Morgan fingerprint density at radius 3 is 3.00 bits per heavy atom. The summed E-state index contributed by atoms with van der Waals surface area (Å²) in [5.74, 6) is 0.980. The Labute approximate surface area is 70.4 Å². The van der Waals surface area contributed by atoms with Gasteiger partial charge in [0.25, 0.3) is 0 Å². The van der Waals surface area contributed by atoms with Crippen LogP contribution in [0.2, 0.25) is 0 Å². The second-order valence-electron chi connectivity index (χ2n) is 1.89. The molecule has 1 aliphatic heterocycles. The Bertz CT molecular complexity index is 221. The SMILES string of the molecule is CC1=C(C=NO)S(=S)SC1. The molecule has 0 aliphatic carbocycles. The van der Waals surface area contributed by atoms with E-state index >= 15 is 0 Å². The first-order valence-corrected chi connectivity index (χ1v) is 6.33. The van der Waals surface area contributed by atoms with Gasteiger partial charge in [0.05, 0.1) is 6.21 Å². The minimum absolute atomic E-state index is 0.170. The van der Waals surface area contributed by atoms with Crippen molar-refractivity contribution in [3.8, 4) is 0 Å². The molecule has 1 rings (SSSR count). The first-order chi connectivity index (χ1) is 4.75. The van der Waals surface area contributed by atoms with Crippen LogP contribution in [0.5, 0.6) is 0 Å². The smallest absolute Gasteiger partial charge is 0.0808 e. The van der Waals surface area contributed by atoms with Crippen LogP contribution in [-0.2, 0) is 19.7 Å². The van der Waals surface area contributed by atoms with Gasteiger partial charge in [-0.3, -0.25) is 0 Å². The zero-order valence-electron chi connectivity index (χ0n) is 5.40. The van der Waals surface area contributed by atoms with Crippen LogP contribution in [0.25, 0.3) is 0 Å². The summed E-state index contributed by atoms with van der Waals surface area (Å²) in [6.45, 7) is 2.02. The molecule has 0 fully saturated rings. The Morgan fingerprint density at radius 1 is 1.90 bits per heavy atom. The lowest BCUT2D eigenvalue weighted by atomic mass is 10.3. The topological polar surface area (TPSA) is 32.6 Å². The molecule has 0 aromatic rings. The van der Waals surface area contributed by atoms with Gasteiger partial charge in [-0.1, -0.05) is 15.9 Å². The van der Waals surface area contributed by atoms with Gasteiger partial charge in [0.1, 0.15) is 0 Å². The van der Waals surface area contributed by atoms with Gasteiger partial charge in [-0.25, -0.2) is 0 Å². The summed E-state index contributed by atoms with van der Waals surface area (Å²) in [5, 5.41) is 11.2. The van der Waals surface area contributed by atoms with E-state index < -0.39 is 0 Å². The second kappa shape index (κ2) is 3.50. The predicted molar refractivity (Wildman–Crippen MR) is 50.2 cm³/mol. The van der Waals surface area contributed by atoms with Crippen LogP contribution in [0.4, 0.5) is 0 Å². The number of hydrogen-bond acceptors (Lipinski definition) is 4. The normalized spacial score (nSPS) is 26.7. The fourth-order valence-electron chi connectivity index (χ4n) is 0.624. The van der Waals surface area contributed by atoms with Crippen LogP contribution in [0.3, 0.4) is 0 Å². The highest BCUT2D eigenvalue weighted by Gasteiger charge is 2.13. The fraction of sp³-hybridized carbons (Fsp3) is 0.400. The van der Waals surface area contributed by atoms with Crippen molar-refractivity contribution in [2.24, 2.45) is 5.16 Å². The molecule has 1 atom stereocenters. The molecule has 0 spiro atoms. The molecular weight excluding hydrogens is 186 g/mol. The maximum atomic E-state index is 8.25. The number of rotatable bonds is 1. The van der Waals surface area contributed by atoms with Gasteiger partial charge in [-0.05, 0) is 32.2 Å². The van der Waals surface area contributed by atoms with E-state index in [1.54, 1.807) is 10.8 Å². The van der Waals surface area contributed by atoms with Gasteiger partial charge >= 0.3 is 0 Å². The second-order valence-corrected chi connectivity index (χ2v) is 6.66. The molecule has 0 saturated carbocycles. The quantitative estimate of drug-likeness (QED) is 0.296. The van der Waals surface area contributed by atoms with Crippen LogP contribution in [0.1, 0.15) is 6.92 Å². The van der Waals surface area contributed by atoms with Crippen LogP contribution in [0.15, 0.2) is 15.6 Å². The van der Waals surface area contributed by atoms with Gasteiger partial charge in [-0.15, -0.1) is 0 Å². The van der Waals surface area contributed by atoms with Gasteiger partial charge in [0.2, 0.25) is 0 Å². The standard InChI is InChI=1S/C5H7NOS3/c1-4-3-9-10(8)5(4)2-6-7/h2,7H,3H2,1H3. The van der Waals surface area contributed by atoms with Crippen LogP contribution in [-0.4, -0.2) is 17.2 Å². The third-order valence-corrected chi connectivity index (χ3v) is 5.67. The molecule has 0 bridgehead atoms. The average Bonchev–Trinajstić information content (AvgIpc) is 2.20. The summed E-state index contributed by atoms with van der Waals surface area (Å²) in [7, 11) is 1.55. The molecule has 1 N–H and O–H groups in total. The maximum absolute atomic E-state index is 8.25. The van der Waals surface area contributed by atoms with Crippen molar-refractivity contribution in [1.29, 1.82) is 0 Å². The summed E-state index contributed by atoms with van der Waals surface area (Å²) in [4.78, 5) is 1.02. The third-order valence-electron chi connectivity index (χ3n) is 1.16. The Balaban J connectivity index is 2.88. The highest BCUT2D eigenvalue weighted by Crippen LogP contribution is 2.29. The van der Waals surface area contributed by atoms with E-state index in [1.807, 2.05) is 6.92 Å². The summed E-state index contributed by atoms with van der Waals surface area (Å²) < 4.78 is 0. The van der Waals surface area contributed by atoms with Crippen molar-refractivity contribution in [3.63, 3.8) is 0 Å². The van der Waals surface area contributed by atoms with Gasteiger partial charge < -0.3 is 5.21 Å². The lowest BCUT2D eigenvalue weighted by Gasteiger charge is -1.91. The molecule has 0 aromatic heterocycles. The lowest BCUT2D eigenvalue weighted by molar-refractivity contribution is 0.322. The van der Waals surface area contributed by atoms with E-state index in [0.29, 0.717) is 0 Å². The highest BCUT2D eigenvalue weighted by atomic mass is 33.3. The molecular formula is C5H7NOS3. The zero-order chi connectivity index (χ0) is 7.56. The lowest BCUT2D eigenvalue weighted by Crippen LogP contribution is -1.86. The summed E-state index contributed by atoms with van der Waals surface area (Å²) in [6, 6.07) is 0. The van der Waals surface area contributed by atoms with Crippen LogP contribution < -0.4 is 0 Å². The zero-order valence-corrected chi connectivity index (χ0v) is 7.85. The molecule has 5 heteroatoms. The first-order valence-electron chi connectivity index (χ1n) is 2.68. The van der Waals surface area contributed by atoms with E-state index in [1.165, 1.54) is 11.8 Å². The van der Waals surface area contributed by atoms with Crippen LogP contribution in [0, 0.1) is 0 Å². The number of allylic oxidation sites excluding steroid dienone is 1. The van der Waals surface area contributed by atoms with E-state index in [-0.39, 0.29) is 8.49 Å². The van der Waals surface area contributed by atoms with Crippen molar-refractivity contribution in [2.75, 3.05) is 5.75 Å². The monoisotopic (exact) mass is 193 g/mol. The summed E-state index contributed by atoms with van der Waals surface area (Å²) >= 11 is 5.10.